The average Bonchev–Trinajstić information content (AvgIpc) is 2.54. The quantitative estimate of drug-likeness (QED) is 0.869. The highest BCUT2D eigenvalue weighted by Gasteiger charge is 2.19. The molecule has 6 nitrogen and oxygen atoms in total. The predicted octanol–water partition coefficient (Wildman–Crippen LogP) is 2.00. The van der Waals surface area contributed by atoms with Gasteiger partial charge in [-0.2, -0.15) is 0 Å². The van der Waals surface area contributed by atoms with Gasteiger partial charge in [0, 0.05) is 12.7 Å². The van der Waals surface area contributed by atoms with Gasteiger partial charge in [0.05, 0.1) is 31.7 Å². The minimum Gasteiger partial charge on any atom is -0.481 e. The smallest absolute Gasteiger partial charge is 0.253 e. The maximum atomic E-state index is 12.0. The van der Waals surface area contributed by atoms with Gasteiger partial charge >= 0.3 is 0 Å². The molecule has 1 aliphatic heterocycles. The molecule has 2 rings (SSSR count). The summed E-state index contributed by atoms with van der Waals surface area (Å²) in [6, 6.07) is 3.43. The van der Waals surface area contributed by atoms with Crippen LogP contribution >= 0.6 is 0 Å². The number of hydrogen-bond donors (Lipinski definition) is 1. The predicted molar refractivity (Wildman–Crippen MR) is 78.4 cm³/mol. The molecule has 1 aromatic rings. The number of methoxy groups -OCH3 is 1. The summed E-state index contributed by atoms with van der Waals surface area (Å²) in [6.07, 6.45) is 4.39. The summed E-state index contributed by atoms with van der Waals surface area (Å²) < 4.78 is 16.1. The Bertz CT molecular complexity index is 443. The Hall–Kier alpha value is -1.66. The van der Waals surface area contributed by atoms with Crippen LogP contribution < -0.4 is 10.1 Å². The van der Waals surface area contributed by atoms with Crippen molar-refractivity contribution in [1.29, 1.82) is 0 Å². The van der Waals surface area contributed by atoms with Gasteiger partial charge in [0.1, 0.15) is 6.10 Å². The van der Waals surface area contributed by atoms with E-state index in [1.165, 1.54) is 0 Å². The molecule has 0 radical (unpaired) electrons. The van der Waals surface area contributed by atoms with Crippen molar-refractivity contribution in [2.45, 2.75) is 38.4 Å². The van der Waals surface area contributed by atoms with E-state index >= 15 is 0 Å². The van der Waals surface area contributed by atoms with Gasteiger partial charge in [-0.1, -0.05) is 0 Å². The first-order valence-corrected chi connectivity index (χ1v) is 7.23. The van der Waals surface area contributed by atoms with E-state index in [0.29, 0.717) is 18.2 Å². The first-order valence-electron chi connectivity index (χ1n) is 7.23. The summed E-state index contributed by atoms with van der Waals surface area (Å²) >= 11 is 0. The molecule has 1 fully saturated rings. The van der Waals surface area contributed by atoms with Crippen LogP contribution in [0.2, 0.25) is 0 Å². The van der Waals surface area contributed by atoms with Crippen LogP contribution in [-0.4, -0.2) is 43.4 Å². The number of nitrogens with zero attached hydrogens (tertiary/aromatic N) is 1. The lowest BCUT2D eigenvalue weighted by Gasteiger charge is -2.23. The van der Waals surface area contributed by atoms with Gasteiger partial charge in [-0.05, 0) is 32.3 Å². The highest BCUT2D eigenvalue weighted by atomic mass is 16.5. The van der Waals surface area contributed by atoms with Crippen molar-refractivity contribution in [3.63, 3.8) is 0 Å². The maximum Gasteiger partial charge on any atom is 0.253 e. The van der Waals surface area contributed by atoms with E-state index in [2.05, 4.69) is 10.3 Å². The number of nitrogens with one attached hydrogen (secondary N) is 1. The molecular weight excluding hydrogens is 272 g/mol. The Balaban J connectivity index is 1.75. The molecule has 1 aromatic heterocycles. The first-order chi connectivity index (χ1) is 10.2. The highest BCUT2D eigenvalue weighted by Crippen LogP contribution is 2.14. The fraction of sp³-hybridized carbons (Fsp3) is 0.600. The number of hydrogen-bond acceptors (Lipinski definition) is 5. The molecular formula is C15H22N2O4. The molecule has 1 amide bonds. The second-order valence-electron chi connectivity index (χ2n) is 5.04. The van der Waals surface area contributed by atoms with Crippen LogP contribution in [0.3, 0.4) is 0 Å². The largest absolute Gasteiger partial charge is 0.481 e. The normalized spacial score (nSPS) is 19.8. The Morgan fingerprint density at radius 1 is 1.52 bits per heavy atom. The van der Waals surface area contributed by atoms with E-state index in [-0.39, 0.29) is 12.0 Å². The molecule has 1 saturated heterocycles. The van der Waals surface area contributed by atoms with Crippen molar-refractivity contribution >= 4 is 11.6 Å². The van der Waals surface area contributed by atoms with E-state index in [4.69, 9.17) is 14.2 Å². The summed E-state index contributed by atoms with van der Waals surface area (Å²) in [5, 5.41) is 2.76. The van der Waals surface area contributed by atoms with Crippen molar-refractivity contribution < 1.29 is 19.0 Å². The summed E-state index contributed by atoms with van der Waals surface area (Å²) in [6.45, 7) is 2.97. The molecule has 0 bridgehead atoms. The maximum absolute atomic E-state index is 12.0. The standard InChI is InChI=1S/C15H22N2O4/c1-11(21-10-13-5-3-4-8-20-13)15(18)17-12-6-7-14(19-2)16-9-12/h6-7,9,11,13H,3-5,8,10H2,1-2H3,(H,17,18)/t11-,13+/m1/s1. The van der Waals surface area contributed by atoms with E-state index in [9.17, 15) is 4.79 Å². The second kappa shape index (κ2) is 7.95. The summed E-state index contributed by atoms with van der Waals surface area (Å²) in [4.78, 5) is 16.0. The lowest BCUT2D eigenvalue weighted by molar-refractivity contribution is -0.130. The zero-order chi connectivity index (χ0) is 15.1. The molecule has 0 aromatic carbocycles. The summed E-state index contributed by atoms with van der Waals surface area (Å²) in [5.74, 6) is 0.310. The Kier molecular flexibility index (Phi) is 5.95. The Morgan fingerprint density at radius 2 is 2.38 bits per heavy atom. The molecule has 0 spiro atoms. The van der Waals surface area contributed by atoms with Crippen LogP contribution in [0, 0.1) is 0 Å². The van der Waals surface area contributed by atoms with E-state index < -0.39 is 6.10 Å². The molecule has 21 heavy (non-hydrogen) atoms. The van der Waals surface area contributed by atoms with Crippen LogP contribution in [0.15, 0.2) is 18.3 Å². The Labute approximate surface area is 124 Å². The zero-order valence-corrected chi connectivity index (χ0v) is 12.5. The minimum absolute atomic E-state index is 0.108. The number of amides is 1. The van der Waals surface area contributed by atoms with Gasteiger partial charge < -0.3 is 19.5 Å². The number of ether oxygens (including phenoxy) is 3. The van der Waals surface area contributed by atoms with Crippen molar-refractivity contribution in [3.05, 3.63) is 18.3 Å². The van der Waals surface area contributed by atoms with Gasteiger partial charge in [0.2, 0.25) is 5.88 Å². The van der Waals surface area contributed by atoms with Gasteiger partial charge in [0.15, 0.2) is 0 Å². The SMILES string of the molecule is COc1ccc(NC(=O)[C@@H](C)OC[C@@H]2CCCCO2)cn1. The lowest BCUT2D eigenvalue weighted by Crippen LogP contribution is -2.32. The van der Waals surface area contributed by atoms with E-state index in [1.54, 1.807) is 32.4 Å². The van der Waals surface area contributed by atoms with Crippen LogP contribution in [-0.2, 0) is 14.3 Å². The number of aromatic nitrogens is 1. The summed E-state index contributed by atoms with van der Waals surface area (Å²) in [5.41, 5.74) is 0.616. The van der Waals surface area contributed by atoms with Crippen LogP contribution in [0.4, 0.5) is 5.69 Å². The van der Waals surface area contributed by atoms with Gasteiger partial charge in [0.25, 0.3) is 5.91 Å². The van der Waals surface area contributed by atoms with Gasteiger partial charge in [-0.25, -0.2) is 4.98 Å². The molecule has 1 aliphatic rings. The van der Waals surface area contributed by atoms with Crippen molar-refractivity contribution in [2.24, 2.45) is 0 Å². The van der Waals surface area contributed by atoms with E-state index in [0.717, 1.165) is 25.9 Å². The third kappa shape index (κ3) is 4.99. The minimum atomic E-state index is -0.530. The monoisotopic (exact) mass is 294 g/mol. The number of carbonyl (C=O) groups is 1. The fourth-order valence-corrected chi connectivity index (χ4v) is 2.09. The lowest BCUT2D eigenvalue weighted by atomic mass is 10.1. The number of pyridine rings is 1. The number of rotatable bonds is 6. The molecule has 2 heterocycles. The third-order valence-electron chi connectivity index (χ3n) is 3.39. The van der Waals surface area contributed by atoms with Crippen molar-refractivity contribution in [3.8, 4) is 5.88 Å². The van der Waals surface area contributed by atoms with Crippen molar-refractivity contribution in [1.82, 2.24) is 4.98 Å². The van der Waals surface area contributed by atoms with Crippen molar-refractivity contribution in [2.75, 3.05) is 25.6 Å². The second-order valence-corrected chi connectivity index (χ2v) is 5.04. The first kappa shape index (κ1) is 15.7. The third-order valence-corrected chi connectivity index (χ3v) is 3.39. The molecule has 1 N–H and O–H groups in total. The van der Waals surface area contributed by atoms with E-state index in [1.807, 2.05) is 0 Å². The zero-order valence-electron chi connectivity index (χ0n) is 12.5. The van der Waals surface area contributed by atoms with Crippen LogP contribution in [0.25, 0.3) is 0 Å². The molecule has 6 heteroatoms. The number of carbonyl (C=O) groups excluding carboxylic acids is 1. The average molecular weight is 294 g/mol. The van der Waals surface area contributed by atoms with Gasteiger partial charge in [-0.3, -0.25) is 4.79 Å². The molecule has 0 saturated carbocycles. The highest BCUT2D eigenvalue weighted by molar-refractivity contribution is 5.93. The van der Waals surface area contributed by atoms with Gasteiger partial charge in [-0.15, -0.1) is 0 Å². The Morgan fingerprint density at radius 3 is 3.00 bits per heavy atom. The fourth-order valence-electron chi connectivity index (χ4n) is 2.09. The molecule has 116 valence electrons. The molecule has 0 aliphatic carbocycles. The molecule has 0 unspecified atom stereocenters. The molecule has 2 atom stereocenters. The van der Waals surface area contributed by atoms with Crippen LogP contribution in [0.5, 0.6) is 5.88 Å². The summed E-state index contributed by atoms with van der Waals surface area (Å²) in [7, 11) is 1.55. The van der Waals surface area contributed by atoms with Crippen LogP contribution in [0.1, 0.15) is 26.2 Å². The number of anilines is 1. The topological polar surface area (TPSA) is 69.7 Å².